The van der Waals surface area contributed by atoms with Crippen LogP contribution in [0.5, 0.6) is 0 Å². The van der Waals surface area contributed by atoms with Crippen LogP contribution in [0.25, 0.3) is 0 Å². The van der Waals surface area contributed by atoms with Crippen molar-refractivity contribution in [3.8, 4) is 0 Å². The van der Waals surface area contributed by atoms with Crippen molar-refractivity contribution >= 4 is 10.0 Å². The van der Waals surface area contributed by atoms with Crippen molar-refractivity contribution in [2.45, 2.75) is 51.5 Å². The highest BCUT2D eigenvalue weighted by atomic mass is 32.2. The van der Waals surface area contributed by atoms with Gasteiger partial charge in [0.05, 0.1) is 11.0 Å². The lowest BCUT2D eigenvalue weighted by molar-refractivity contribution is 0.131. The number of hydrogen-bond acceptors (Lipinski definition) is 3. The summed E-state index contributed by atoms with van der Waals surface area (Å²) in [6, 6.07) is 2.02. The predicted molar refractivity (Wildman–Crippen MR) is 83.9 cm³/mol. The molecule has 5 heteroatoms. The second kappa shape index (κ2) is 5.71. The molecule has 1 saturated carbocycles. The van der Waals surface area contributed by atoms with Gasteiger partial charge in [0.15, 0.2) is 0 Å². The van der Waals surface area contributed by atoms with E-state index in [1.807, 2.05) is 33.8 Å². The molecule has 2 rings (SSSR count). The molecule has 0 aliphatic heterocycles. The number of aliphatic hydroxyl groups is 1. The molecule has 0 heterocycles. The zero-order valence-corrected chi connectivity index (χ0v) is 14.3. The zero-order valence-electron chi connectivity index (χ0n) is 13.5. The first-order valence-corrected chi connectivity index (χ1v) is 8.82. The standard InChI is InChI=1S/C16H25NO3S/c1-10-8-11(2)13(4)16(12(10)3)21(19,20)17(5)9-15(18)14-6-7-14/h8,14-15,18H,6-7,9H2,1-5H3. The van der Waals surface area contributed by atoms with Gasteiger partial charge in [-0.05, 0) is 68.7 Å². The van der Waals surface area contributed by atoms with Gasteiger partial charge in [-0.25, -0.2) is 8.42 Å². The molecule has 1 unspecified atom stereocenters. The normalized spacial score (nSPS) is 17.3. The Labute approximate surface area is 127 Å². The molecule has 118 valence electrons. The SMILES string of the molecule is Cc1cc(C)c(C)c(S(=O)(=O)N(C)CC(O)C2CC2)c1C. The minimum Gasteiger partial charge on any atom is -0.391 e. The number of rotatable bonds is 5. The van der Waals surface area contributed by atoms with Gasteiger partial charge in [0.2, 0.25) is 10.0 Å². The van der Waals surface area contributed by atoms with Crippen molar-refractivity contribution in [3.63, 3.8) is 0 Å². The monoisotopic (exact) mass is 311 g/mol. The van der Waals surface area contributed by atoms with Gasteiger partial charge in [-0.2, -0.15) is 4.31 Å². The second-order valence-electron chi connectivity index (χ2n) is 6.28. The summed E-state index contributed by atoms with van der Waals surface area (Å²) in [5.74, 6) is 0.268. The van der Waals surface area contributed by atoms with Gasteiger partial charge >= 0.3 is 0 Å². The fraction of sp³-hybridized carbons (Fsp3) is 0.625. The van der Waals surface area contributed by atoms with Gasteiger partial charge in [0, 0.05) is 13.6 Å². The molecule has 1 fully saturated rings. The number of aryl methyl sites for hydroxylation is 2. The Morgan fingerprint density at radius 3 is 2.10 bits per heavy atom. The minimum absolute atomic E-state index is 0.166. The Morgan fingerprint density at radius 2 is 1.67 bits per heavy atom. The highest BCUT2D eigenvalue weighted by molar-refractivity contribution is 7.89. The third-order valence-electron chi connectivity index (χ3n) is 4.58. The molecule has 4 nitrogen and oxygen atoms in total. The summed E-state index contributed by atoms with van der Waals surface area (Å²) >= 11 is 0. The maximum absolute atomic E-state index is 12.9. The molecular weight excluding hydrogens is 286 g/mol. The van der Waals surface area contributed by atoms with E-state index in [-0.39, 0.29) is 12.5 Å². The lowest BCUT2D eigenvalue weighted by Gasteiger charge is -2.24. The summed E-state index contributed by atoms with van der Waals surface area (Å²) in [6.45, 7) is 7.72. The van der Waals surface area contributed by atoms with E-state index < -0.39 is 16.1 Å². The average molecular weight is 311 g/mol. The van der Waals surface area contributed by atoms with Crippen molar-refractivity contribution < 1.29 is 13.5 Å². The van der Waals surface area contributed by atoms with Crippen LogP contribution in [0.15, 0.2) is 11.0 Å². The van der Waals surface area contributed by atoms with Crippen LogP contribution in [0, 0.1) is 33.6 Å². The Bertz CT molecular complexity index is 622. The van der Waals surface area contributed by atoms with E-state index in [9.17, 15) is 13.5 Å². The number of likely N-dealkylation sites (N-methyl/N-ethyl adjacent to an activating group) is 1. The summed E-state index contributed by atoms with van der Waals surface area (Å²) in [5.41, 5.74) is 3.55. The number of benzene rings is 1. The first kappa shape index (κ1) is 16.5. The van der Waals surface area contributed by atoms with E-state index in [4.69, 9.17) is 0 Å². The summed E-state index contributed by atoms with van der Waals surface area (Å²) < 4.78 is 27.0. The van der Waals surface area contributed by atoms with E-state index in [1.165, 1.54) is 4.31 Å². The predicted octanol–water partition coefficient (Wildman–Crippen LogP) is 2.31. The van der Waals surface area contributed by atoms with Gasteiger partial charge in [0.25, 0.3) is 0 Å². The molecule has 1 aromatic rings. The lowest BCUT2D eigenvalue weighted by atomic mass is 10.0. The van der Waals surface area contributed by atoms with Crippen LogP contribution in [0.2, 0.25) is 0 Å². The van der Waals surface area contributed by atoms with E-state index in [1.54, 1.807) is 7.05 Å². The van der Waals surface area contributed by atoms with Crippen LogP contribution >= 0.6 is 0 Å². The molecule has 1 N–H and O–H groups in total. The highest BCUT2D eigenvalue weighted by Crippen LogP contribution is 2.34. The van der Waals surface area contributed by atoms with Gasteiger partial charge in [-0.3, -0.25) is 0 Å². The second-order valence-corrected chi connectivity index (χ2v) is 8.26. The molecule has 1 aliphatic carbocycles. The molecule has 0 radical (unpaired) electrons. The topological polar surface area (TPSA) is 57.6 Å². The van der Waals surface area contributed by atoms with Crippen molar-refractivity contribution in [2.24, 2.45) is 5.92 Å². The number of nitrogens with zero attached hydrogens (tertiary/aromatic N) is 1. The van der Waals surface area contributed by atoms with Gasteiger partial charge in [-0.15, -0.1) is 0 Å². The van der Waals surface area contributed by atoms with Crippen LogP contribution in [0.4, 0.5) is 0 Å². The zero-order chi connectivity index (χ0) is 15.9. The van der Waals surface area contributed by atoms with Crippen molar-refractivity contribution in [1.29, 1.82) is 0 Å². The molecule has 1 aromatic carbocycles. The van der Waals surface area contributed by atoms with E-state index >= 15 is 0 Å². The first-order valence-electron chi connectivity index (χ1n) is 7.38. The Morgan fingerprint density at radius 1 is 1.19 bits per heavy atom. The fourth-order valence-electron chi connectivity index (χ4n) is 2.72. The van der Waals surface area contributed by atoms with E-state index in [2.05, 4.69) is 0 Å². The summed E-state index contributed by atoms with van der Waals surface area (Å²) in [7, 11) is -2.02. The number of hydrogen-bond donors (Lipinski definition) is 1. The lowest BCUT2D eigenvalue weighted by Crippen LogP contribution is -2.36. The molecular formula is C16H25NO3S. The molecule has 0 bridgehead atoms. The summed E-state index contributed by atoms with van der Waals surface area (Å²) in [5, 5.41) is 10.0. The minimum atomic E-state index is -3.57. The largest absolute Gasteiger partial charge is 0.391 e. The first-order chi connectivity index (χ1) is 9.66. The van der Waals surface area contributed by atoms with E-state index in [0.29, 0.717) is 4.90 Å². The molecule has 0 spiro atoms. The maximum atomic E-state index is 12.9. The Kier molecular flexibility index (Phi) is 4.47. The molecule has 0 amide bonds. The molecule has 0 saturated heterocycles. The third kappa shape index (κ3) is 3.15. The molecule has 1 aliphatic rings. The van der Waals surface area contributed by atoms with E-state index in [0.717, 1.165) is 35.1 Å². The smallest absolute Gasteiger partial charge is 0.243 e. The Hall–Kier alpha value is -0.910. The summed E-state index contributed by atoms with van der Waals surface area (Å²) in [6.07, 6.45) is 1.43. The van der Waals surface area contributed by atoms with Crippen LogP contribution in [-0.4, -0.2) is 37.5 Å². The fourth-order valence-corrected chi connectivity index (χ4v) is 4.47. The van der Waals surface area contributed by atoms with Crippen molar-refractivity contribution in [3.05, 3.63) is 28.3 Å². The van der Waals surface area contributed by atoms with Crippen molar-refractivity contribution in [2.75, 3.05) is 13.6 Å². The number of sulfonamides is 1. The van der Waals surface area contributed by atoms with Gasteiger partial charge in [0.1, 0.15) is 0 Å². The molecule has 1 atom stereocenters. The Balaban J connectivity index is 2.39. The highest BCUT2D eigenvalue weighted by Gasteiger charge is 2.34. The number of aliphatic hydroxyl groups excluding tert-OH is 1. The van der Waals surface area contributed by atoms with Crippen molar-refractivity contribution in [1.82, 2.24) is 4.31 Å². The van der Waals surface area contributed by atoms with Crippen LogP contribution in [0.1, 0.15) is 35.1 Å². The summed E-state index contributed by atoms with van der Waals surface area (Å²) in [4.78, 5) is 0.394. The third-order valence-corrected chi connectivity index (χ3v) is 6.67. The molecule has 21 heavy (non-hydrogen) atoms. The van der Waals surface area contributed by atoms with Gasteiger partial charge in [-0.1, -0.05) is 6.07 Å². The van der Waals surface area contributed by atoms with Crippen LogP contribution in [0.3, 0.4) is 0 Å². The van der Waals surface area contributed by atoms with Crippen LogP contribution in [-0.2, 0) is 10.0 Å². The quantitative estimate of drug-likeness (QED) is 0.908. The average Bonchev–Trinajstić information content (AvgIpc) is 3.20. The van der Waals surface area contributed by atoms with Gasteiger partial charge < -0.3 is 5.11 Å². The molecule has 0 aromatic heterocycles. The maximum Gasteiger partial charge on any atom is 0.243 e. The van der Waals surface area contributed by atoms with Crippen LogP contribution < -0.4 is 0 Å².